The molecule has 2 heterocycles. The molecule has 4 rings (SSSR count). The number of nitrogens with one attached hydrogen (secondary N) is 2. The zero-order valence-corrected chi connectivity index (χ0v) is 33.0. The fourth-order valence-electron chi connectivity index (χ4n) is 6.40. The van der Waals surface area contributed by atoms with Crippen molar-refractivity contribution in [2.75, 3.05) is 59.8 Å². The monoisotopic (exact) mass is 726 g/mol. The van der Waals surface area contributed by atoms with E-state index in [2.05, 4.69) is 59.3 Å². The van der Waals surface area contributed by atoms with Crippen LogP contribution in [0.5, 0.6) is 11.5 Å². The summed E-state index contributed by atoms with van der Waals surface area (Å²) in [4.78, 5) is 48.4. The van der Waals surface area contributed by atoms with Crippen molar-refractivity contribution in [2.45, 2.75) is 110 Å². The van der Waals surface area contributed by atoms with Crippen LogP contribution >= 0.6 is 0 Å². The minimum Gasteiger partial charge on any atom is -0.497 e. The highest BCUT2D eigenvalue weighted by Gasteiger charge is 2.21. The first-order valence-electron chi connectivity index (χ1n) is 18.9. The molecule has 292 valence electrons. The average Bonchev–Trinajstić information content (AvgIpc) is 3.17. The van der Waals surface area contributed by atoms with Gasteiger partial charge in [-0.3, -0.25) is 19.3 Å². The van der Waals surface area contributed by atoms with Gasteiger partial charge in [0, 0.05) is 30.7 Å². The van der Waals surface area contributed by atoms with Crippen LogP contribution in [-0.2, 0) is 25.7 Å². The fraction of sp³-hybridized carbons (Fsp3) is 0.610. The van der Waals surface area contributed by atoms with Gasteiger partial charge < -0.3 is 34.7 Å². The van der Waals surface area contributed by atoms with Gasteiger partial charge in [0.15, 0.2) is 5.78 Å². The van der Waals surface area contributed by atoms with E-state index in [-0.39, 0.29) is 12.2 Å². The van der Waals surface area contributed by atoms with E-state index >= 15 is 0 Å². The fourth-order valence-corrected chi connectivity index (χ4v) is 6.40. The number of methoxy groups -OCH3 is 2. The molecule has 0 aliphatic carbocycles. The van der Waals surface area contributed by atoms with Gasteiger partial charge in [-0.15, -0.1) is 0 Å². The molecule has 2 fully saturated rings. The highest BCUT2D eigenvalue weighted by atomic mass is 16.5. The normalized spacial score (nSPS) is 15.3. The molecule has 0 spiro atoms. The standard InChI is InChI=1S/C15H23N3O.C12H25N.C8H10O2.C6H9NO3/c1-17-9-7-14(8-10-17)18(2)11-13-5-3-4-6-15(13)16-12-19;1-3-8-12(9-4-2)13-10-6-5-7-11-13;1-9-7-3-5-8(10-2)6-4-7;1-5(10)6(2-3-8)7-4-9/h3-6,12,14H,7-11H2,1-2H3,(H,16,19);12H,3-11H2,1-2H3;3-6H,1-2H3;3-4,6H,2H2,1H3,(H,7,9). The molecule has 11 heteroatoms. The number of carbonyl (C=O) groups is 4. The quantitative estimate of drug-likeness (QED) is 0.184. The lowest BCUT2D eigenvalue weighted by molar-refractivity contribution is -0.123. The maximum atomic E-state index is 10.6. The summed E-state index contributed by atoms with van der Waals surface area (Å²) < 4.78 is 9.92. The van der Waals surface area contributed by atoms with Crippen molar-refractivity contribution < 1.29 is 28.7 Å². The van der Waals surface area contributed by atoms with Gasteiger partial charge in [-0.05, 0) is 122 Å². The third-order valence-corrected chi connectivity index (χ3v) is 9.50. The zero-order valence-electron chi connectivity index (χ0n) is 33.0. The number of nitrogens with zero attached hydrogens (tertiary/aromatic N) is 3. The largest absolute Gasteiger partial charge is 0.497 e. The number of hydrogen-bond acceptors (Lipinski definition) is 9. The van der Waals surface area contributed by atoms with E-state index in [4.69, 9.17) is 9.47 Å². The summed E-state index contributed by atoms with van der Waals surface area (Å²) in [6, 6.07) is 16.3. The van der Waals surface area contributed by atoms with Crippen LogP contribution in [0, 0.1) is 0 Å². The van der Waals surface area contributed by atoms with Gasteiger partial charge in [0.1, 0.15) is 17.8 Å². The number of anilines is 1. The molecule has 0 aromatic heterocycles. The number of aldehydes is 1. The number of piperidine rings is 2. The second-order valence-corrected chi connectivity index (χ2v) is 13.4. The smallest absolute Gasteiger partial charge is 0.211 e. The molecule has 11 nitrogen and oxygen atoms in total. The van der Waals surface area contributed by atoms with Crippen molar-refractivity contribution in [1.82, 2.24) is 20.0 Å². The lowest BCUT2D eigenvalue weighted by atomic mass is 10.0. The average molecular weight is 726 g/mol. The zero-order chi connectivity index (χ0) is 38.6. The van der Waals surface area contributed by atoms with Crippen LogP contribution in [0.4, 0.5) is 5.69 Å². The summed E-state index contributed by atoms with van der Waals surface area (Å²) >= 11 is 0. The lowest BCUT2D eigenvalue weighted by Gasteiger charge is -2.35. The van der Waals surface area contributed by atoms with E-state index < -0.39 is 6.04 Å². The Labute approximate surface area is 313 Å². The number of likely N-dealkylation sites (tertiary alicyclic amines) is 2. The Balaban J connectivity index is 0.000000362. The molecule has 1 unspecified atom stereocenters. The van der Waals surface area contributed by atoms with Crippen LogP contribution < -0.4 is 20.1 Å². The molecule has 0 radical (unpaired) electrons. The van der Waals surface area contributed by atoms with Crippen LogP contribution in [0.1, 0.15) is 90.5 Å². The second-order valence-electron chi connectivity index (χ2n) is 13.4. The first kappa shape index (κ1) is 46.2. The topological polar surface area (TPSA) is 121 Å². The van der Waals surface area contributed by atoms with Gasteiger partial charge in [-0.2, -0.15) is 0 Å². The van der Waals surface area contributed by atoms with Gasteiger partial charge in [0.25, 0.3) is 0 Å². The molecule has 2 amide bonds. The van der Waals surface area contributed by atoms with Crippen LogP contribution in [-0.4, -0.2) is 112 Å². The molecule has 2 aromatic carbocycles. The summed E-state index contributed by atoms with van der Waals surface area (Å²) in [7, 11) is 7.64. The van der Waals surface area contributed by atoms with Crippen LogP contribution in [0.3, 0.4) is 0 Å². The number of amides is 2. The Morgan fingerprint density at radius 1 is 0.865 bits per heavy atom. The predicted molar refractivity (Wildman–Crippen MR) is 211 cm³/mol. The molecule has 2 aliphatic rings. The van der Waals surface area contributed by atoms with E-state index in [1.54, 1.807) is 14.2 Å². The number of hydrogen-bond donors (Lipinski definition) is 2. The molecule has 0 bridgehead atoms. The lowest BCUT2D eigenvalue weighted by Crippen LogP contribution is -2.41. The van der Waals surface area contributed by atoms with Gasteiger partial charge in [0.05, 0.1) is 20.3 Å². The van der Waals surface area contributed by atoms with E-state index in [0.29, 0.717) is 18.7 Å². The van der Waals surface area contributed by atoms with Gasteiger partial charge >= 0.3 is 0 Å². The van der Waals surface area contributed by atoms with E-state index in [1.807, 2.05) is 42.5 Å². The Hall–Kier alpha value is -3.80. The Bertz CT molecular complexity index is 1190. The Morgan fingerprint density at radius 2 is 1.42 bits per heavy atom. The number of benzene rings is 2. The molecular weight excluding hydrogens is 658 g/mol. The number of ketones is 1. The minimum atomic E-state index is -0.644. The predicted octanol–water partition coefficient (Wildman–Crippen LogP) is 6.20. The van der Waals surface area contributed by atoms with Crippen LogP contribution in [0.15, 0.2) is 48.5 Å². The minimum absolute atomic E-state index is 0.0497. The molecular formula is C41H67N5O6. The molecule has 0 saturated carbocycles. The van der Waals surface area contributed by atoms with E-state index in [0.717, 1.165) is 36.2 Å². The van der Waals surface area contributed by atoms with Crippen molar-refractivity contribution >= 4 is 30.6 Å². The third-order valence-electron chi connectivity index (χ3n) is 9.50. The highest BCUT2D eigenvalue weighted by Crippen LogP contribution is 2.21. The molecule has 52 heavy (non-hydrogen) atoms. The summed E-state index contributed by atoms with van der Waals surface area (Å²) in [6.45, 7) is 11.9. The number of para-hydroxylation sites is 1. The highest BCUT2D eigenvalue weighted by molar-refractivity contribution is 5.85. The summed E-state index contributed by atoms with van der Waals surface area (Å²) in [5.41, 5.74) is 2.09. The van der Waals surface area contributed by atoms with Gasteiger partial charge in [-0.1, -0.05) is 51.3 Å². The first-order chi connectivity index (χ1) is 25.2. The van der Waals surface area contributed by atoms with Crippen molar-refractivity contribution in [2.24, 2.45) is 0 Å². The van der Waals surface area contributed by atoms with Crippen molar-refractivity contribution in [3.63, 3.8) is 0 Å². The number of ether oxygens (including phenoxy) is 2. The van der Waals surface area contributed by atoms with Crippen LogP contribution in [0.2, 0.25) is 0 Å². The molecule has 2 saturated heterocycles. The SMILES string of the molecule is CC(=O)C(CC=O)NC=O.CCCC(CCC)N1CCCCC1.CN1CCC(N(C)Cc2ccccc2NC=O)CC1.COc1ccc(OC)cc1. The molecule has 2 N–H and O–H groups in total. The molecule has 2 aromatic rings. The first-order valence-corrected chi connectivity index (χ1v) is 18.9. The van der Waals surface area contributed by atoms with Gasteiger partial charge in [-0.25, -0.2) is 0 Å². The molecule has 1 atom stereocenters. The Morgan fingerprint density at radius 3 is 1.88 bits per heavy atom. The van der Waals surface area contributed by atoms with Crippen molar-refractivity contribution in [1.29, 1.82) is 0 Å². The second kappa shape index (κ2) is 28.7. The van der Waals surface area contributed by atoms with E-state index in [9.17, 15) is 19.2 Å². The van der Waals surface area contributed by atoms with Crippen LogP contribution in [0.25, 0.3) is 0 Å². The number of carbonyl (C=O) groups excluding carboxylic acids is 4. The maximum absolute atomic E-state index is 10.6. The molecule has 2 aliphatic heterocycles. The third kappa shape index (κ3) is 19.2. The van der Waals surface area contributed by atoms with E-state index in [1.165, 1.54) is 96.5 Å². The Kier molecular flexibility index (Phi) is 25.6. The van der Waals surface area contributed by atoms with Crippen molar-refractivity contribution in [3.05, 3.63) is 54.1 Å². The number of rotatable bonds is 17. The summed E-state index contributed by atoms with van der Waals surface area (Å²) in [5.74, 6) is 1.49. The maximum Gasteiger partial charge on any atom is 0.211 e. The number of Topliss-reactive ketones (excluding diaryl/α,β-unsaturated/α-hetero) is 1. The summed E-state index contributed by atoms with van der Waals surface area (Å²) in [5, 5.41) is 5.00. The van der Waals surface area contributed by atoms with Crippen molar-refractivity contribution in [3.8, 4) is 11.5 Å². The summed E-state index contributed by atoms with van der Waals surface area (Å²) in [6.07, 6.45) is 14.1. The van der Waals surface area contributed by atoms with Gasteiger partial charge in [0.2, 0.25) is 12.8 Å².